The Balaban J connectivity index is 2.00. The van der Waals surface area contributed by atoms with Gasteiger partial charge in [0.15, 0.2) is 0 Å². The standard InChI is InChI=1S/C13H17N3O2S/c1-2-11-14-12(10-3-6-19-13(10)15-11)16-4-5-18-9(7-16)8-17/h3,6,9,17H,2,4-5,7-8H2,1H3. The molecule has 19 heavy (non-hydrogen) atoms. The van der Waals surface area contributed by atoms with Crippen molar-refractivity contribution < 1.29 is 9.84 Å². The molecule has 1 fully saturated rings. The van der Waals surface area contributed by atoms with E-state index >= 15 is 0 Å². The zero-order valence-electron chi connectivity index (χ0n) is 10.9. The lowest BCUT2D eigenvalue weighted by Gasteiger charge is -2.33. The number of nitrogens with zero attached hydrogens (tertiary/aromatic N) is 3. The summed E-state index contributed by atoms with van der Waals surface area (Å²) in [6.07, 6.45) is 0.705. The van der Waals surface area contributed by atoms with E-state index in [9.17, 15) is 5.11 Å². The van der Waals surface area contributed by atoms with Crippen molar-refractivity contribution in [1.82, 2.24) is 9.97 Å². The van der Waals surface area contributed by atoms with Gasteiger partial charge < -0.3 is 14.7 Å². The Bertz CT molecular complexity index is 572. The molecule has 1 unspecified atom stereocenters. The van der Waals surface area contributed by atoms with Crippen LogP contribution >= 0.6 is 11.3 Å². The minimum atomic E-state index is -0.123. The molecule has 0 amide bonds. The van der Waals surface area contributed by atoms with Crippen LogP contribution in [0.4, 0.5) is 5.82 Å². The minimum absolute atomic E-state index is 0.0506. The topological polar surface area (TPSA) is 58.5 Å². The van der Waals surface area contributed by atoms with Crippen LogP contribution in [0, 0.1) is 0 Å². The molecule has 1 aliphatic rings. The van der Waals surface area contributed by atoms with Gasteiger partial charge in [-0.2, -0.15) is 0 Å². The number of hydrogen-bond donors (Lipinski definition) is 1. The minimum Gasteiger partial charge on any atom is -0.394 e. The summed E-state index contributed by atoms with van der Waals surface area (Å²) < 4.78 is 5.50. The summed E-state index contributed by atoms with van der Waals surface area (Å²) in [4.78, 5) is 12.4. The second kappa shape index (κ2) is 5.40. The molecule has 3 rings (SSSR count). The van der Waals surface area contributed by atoms with Crippen LogP contribution in [-0.2, 0) is 11.2 Å². The molecule has 0 aromatic carbocycles. The normalized spacial score (nSPS) is 20.1. The second-order valence-corrected chi connectivity index (χ2v) is 5.47. The fourth-order valence-corrected chi connectivity index (χ4v) is 3.08. The highest BCUT2D eigenvalue weighted by molar-refractivity contribution is 7.16. The van der Waals surface area contributed by atoms with Gasteiger partial charge in [-0.3, -0.25) is 0 Å². The van der Waals surface area contributed by atoms with Crippen molar-refractivity contribution in [3.8, 4) is 0 Å². The Labute approximate surface area is 115 Å². The van der Waals surface area contributed by atoms with Gasteiger partial charge in [-0.15, -0.1) is 11.3 Å². The number of hydrogen-bond acceptors (Lipinski definition) is 6. The number of morpholine rings is 1. The fourth-order valence-electron chi connectivity index (χ4n) is 2.30. The summed E-state index contributed by atoms with van der Waals surface area (Å²) in [6.45, 7) is 4.23. The fraction of sp³-hybridized carbons (Fsp3) is 0.538. The molecule has 0 radical (unpaired) electrons. The highest BCUT2D eigenvalue weighted by Gasteiger charge is 2.23. The zero-order valence-corrected chi connectivity index (χ0v) is 11.7. The Morgan fingerprint density at radius 1 is 1.53 bits per heavy atom. The van der Waals surface area contributed by atoms with Gasteiger partial charge in [-0.25, -0.2) is 9.97 Å². The summed E-state index contributed by atoms with van der Waals surface area (Å²) in [5, 5.41) is 12.4. The number of thiophene rings is 1. The first kappa shape index (κ1) is 12.8. The molecule has 1 atom stereocenters. The Morgan fingerprint density at radius 3 is 3.21 bits per heavy atom. The summed E-state index contributed by atoms with van der Waals surface area (Å²) in [7, 11) is 0. The van der Waals surface area contributed by atoms with Crippen molar-refractivity contribution in [3.63, 3.8) is 0 Å². The van der Waals surface area contributed by atoms with Crippen LogP contribution in [0.2, 0.25) is 0 Å². The van der Waals surface area contributed by atoms with Crippen LogP contribution in [0.1, 0.15) is 12.7 Å². The van der Waals surface area contributed by atoms with Crippen molar-refractivity contribution >= 4 is 27.4 Å². The molecular weight excluding hydrogens is 262 g/mol. The molecule has 1 N–H and O–H groups in total. The number of anilines is 1. The predicted octanol–water partition coefficient (Wildman–Crippen LogP) is 1.45. The Hall–Kier alpha value is -1.24. The number of fused-ring (bicyclic) bond motifs is 1. The lowest BCUT2D eigenvalue weighted by Crippen LogP contribution is -2.44. The average Bonchev–Trinajstić information content (AvgIpc) is 2.94. The number of aromatic nitrogens is 2. The monoisotopic (exact) mass is 279 g/mol. The van der Waals surface area contributed by atoms with Gasteiger partial charge in [0.05, 0.1) is 24.7 Å². The van der Waals surface area contributed by atoms with E-state index in [-0.39, 0.29) is 12.7 Å². The molecule has 1 saturated heterocycles. The van der Waals surface area contributed by atoms with E-state index in [2.05, 4.69) is 27.9 Å². The van der Waals surface area contributed by atoms with E-state index in [1.165, 1.54) is 0 Å². The average molecular weight is 279 g/mol. The van der Waals surface area contributed by atoms with Gasteiger partial charge in [-0.05, 0) is 11.4 Å². The zero-order chi connectivity index (χ0) is 13.2. The summed E-state index contributed by atoms with van der Waals surface area (Å²) in [5.41, 5.74) is 0. The van der Waals surface area contributed by atoms with Crippen molar-refractivity contribution in [1.29, 1.82) is 0 Å². The van der Waals surface area contributed by atoms with Crippen molar-refractivity contribution in [2.24, 2.45) is 0 Å². The van der Waals surface area contributed by atoms with E-state index in [4.69, 9.17) is 4.74 Å². The van der Waals surface area contributed by atoms with Crippen LogP contribution in [0.3, 0.4) is 0 Å². The number of aliphatic hydroxyl groups excluding tert-OH is 1. The molecular formula is C13H17N3O2S. The van der Waals surface area contributed by atoms with Crippen molar-refractivity contribution in [3.05, 3.63) is 17.3 Å². The van der Waals surface area contributed by atoms with Crippen molar-refractivity contribution in [2.45, 2.75) is 19.4 Å². The third kappa shape index (κ3) is 2.43. The molecule has 0 aliphatic carbocycles. The van der Waals surface area contributed by atoms with E-state index in [1.54, 1.807) is 11.3 Å². The predicted molar refractivity (Wildman–Crippen MR) is 75.8 cm³/mol. The summed E-state index contributed by atoms with van der Waals surface area (Å²) >= 11 is 1.64. The van der Waals surface area contributed by atoms with E-state index in [1.807, 2.05) is 5.38 Å². The quantitative estimate of drug-likeness (QED) is 0.921. The second-order valence-electron chi connectivity index (χ2n) is 4.58. The molecule has 102 valence electrons. The van der Waals surface area contributed by atoms with Gasteiger partial charge in [0, 0.05) is 19.5 Å². The SMILES string of the molecule is CCc1nc(N2CCOC(CO)C2)c2ccsc2n1. The molecule has 5 nitrogen and oxygen atoms in total. The van der Waals surface area contributed by atoms with Crippen LogP contribution in [0.15, 0.2) is 11.4 Å². The highest BCUT2D eigenvalue weighted by atomic mass is 32.1. The van der Waals surface area contributed by atoms with Crippen LogP contribution in [-0.4, -0.2) is 47.5 Å². The molecule has 6 heteroatoms. The Morgan fingerprint density at radius 2 is 2.42 bits per heavy atom. The van der Waals surface area contributed by atoms with Gasteiger partial charge in [-0.1, -0.05) is 6.92 Å². The molecule has 0 bridgehead atoms. The van der Waals surface area contributed by atoms with Gasteiger partial charge in [0.25, 0.3) is 0 Å². The number of rotatable bonds is 3. The maximum absolute atomic E-state index is 9.25. The lowest BCUT2D eigenvalue weighted by atomic mass is 10.2. The number of aliphatic hydroxyl groups is 1. The molecule has 2 aromatic rings. The smallest absolute Gasteiger partial charge is 0.141 e. The molecule has 0 saturated carbocycles. The summed E-state index contributed by atoms with van der Waals surface area (Å²) in [6, 6.07) is 2.07. The van der Waals surface area contributed by atoms with E-state index in [0.29, 0.717) is 13.2 Å². The Kier molecular flexibility index (Phi) is 3.63. The van der Waals surface area contributed by atoms with Crippen LogP contribution in [0.25, 0.3) is 10.2 Å². The first-order chi connectivity index (χ1) is 9.31. The maximum atomic E-state index is 9.25. The number of aryl methyl sites for hydroxylation is 1. The summed E-state index contributed by atoms with van der Waals surface area (Å²) in [5.74, 6) is 1.85. The third-order valence-electron chi connectivity index (χ3n) is 3.31. The van der Waals surface area contributed by atoms with Gasteiger partial charge in [0.1, 0.15) is 16.5 Å². The van der Waals surface area contributed by atoms with Gasteiger partial charge in [0.2, 0.25) is 0 Å². The molecule has 0 spiro atoms. The van der Waals surface area contributed by atoms with E-state index in [0.717, 1.165) is 34.8 Å². The van der Waals surface area contributed by atoms with E-state index < -0.39 is 0 Å². The highest BCUT2D eigenvalue weighted by Crippen LogP contribution is 2.29. The first-order valence-electron chi connectivity index (χ1n) is 6.53. The van der Waals surface area contributed by atoms with Crippen LogP contribution in [0.5, 0.6) is 0 Å². The van der Waals surface area contributed by atoms with Crippen LogP contribution < -0.4 is 4.90 Å². The molecule has 3 heterocycles. The first-order valence-corrected chi connectivity index (χ1v) is 7.41. The molecule has 2 aromatic heterocycles. The maximum Gasteiger partial charge on any atom is 0.141 e. The van der Waals surface area contributed by atoms with Crippen molar-refractivity contribution in [2.75, 3.05) is 31.2 Å². The number of ether oxygens (including phenoxy) is 1. The third-order valence-corrected chi connectivity index (χ3v) is 4.12. The lowest BCUT2D eigenvalue weighted by molar-refractivity contribution is 0.00343. The largest absolute Gasteiger partial charge is 0.394 e. The molecule has 1 aliphatic heterocycles. The van der Waals surface area contributed by atoms with Gasteiger partial charge >= 0.3 is 0 Å².